The largest absolute Gasteiger partial charge is 0.316 e. The number of rotatable bonds is 7. The second-order valence-corrected chi connectivity index (χ2v) is 6.76. The van der Waals surface area contributed by atoms with Crippen LogP contribution in [0.1, 0.15) is 26.2 Å². The molecule has 0 aromatic carbocycles. The molecule has 0 saturated heterocycles. The molecule has 1 unspecified atom stereocenters. The van der Waals surface area contributed by atoms with Gasteiger partial charge in [0.15, 0.2) is 0 Å². The molecule has 0 aliphatic heterocycles. The summed E-state index contributed by atoms with van der Waals surface area (Å²) in [5.74, 6) is 1.99. The summed E-state index contributed by atoms with van der Waals surface area (Å²) in [5, 5.41) is 3.31. The molecule has 0 amide bonds. The molecule has 0 aromatic heterocycles. The third-order valence-electron chi connectivity index (χ3n) is 2.76. The lowest BCUT2D eigenvalue weighted by molar-refractivity contribution is 0.462. The van der Waals surface area contributed by atoms with Gasteiger partial charge in [-0.15, -0.1) is 0 Å². The molecule has 1 N–H and O–H groups in total. The van der Waals surface area contributed by atoms with Gasteiger partial charge < -0.3 is 5.32 Å². The van der Waals surface area contributed by atoms with Crippen LogP contribution in [-0.2, 0) is 9.84 Å². The van der Waals surface area contributed by atoms with Crippen molar-refractivity contribution in [2.75, 3.05) is 25.1 Å². The zero-order valence-electron chi connectivity index (χ0n) is 9.12. The SMILES string of the molecule is CC(CNCCCS(C)(=O)=O)C1CC1. The summed E-state index contributed by atoms with van der Waals surface area (Å²) in [6.45, 7) is 4.12. The van der Waals surface area contributed by atoms with E-state index in [0.29, 0.717) is 5.75 Å². The van der Waals surface area contributed by atoms with E-state index in [1.165, 1.54) is 19.1 Å². The first kappa shape index (κ1) is 12.0. The summed E-state index contributed by atoms with van der Waals surface area (Å²) in [7, 11) is -2.77. The molecule has 0 heterocycles. The van der Waals surface area contributed by atoms with Gasteiger partial charge in [0.2, 0.25) is 0 Å². The fourth-order valence-corrected chi connectivity index (χ4v) is 2.29. The third-order valence-corrected chi connectivity index (χ3v) is 3.79. The molecule has 84 valence electrons. The molecule has 14 heavy (non-hydrogen) atoms. The van der Waals surface area contributed by atoms with E-state index in [-0.39, 0.29) is 0 Å². The van der Waals surface area contributed by atoms with Crippen LogP contribution < -0.4 is 5.32 Å². The van der Waals surface area contributed by atoms with E-state index in [1.54, 1.807) is 0 Å². The van der Waals surface area contributed by atoms with E-state index in [9.17, 15) is 8.42 Å². The van der Waals surface area contributed by atoms with Gasteiger partial charge in [-0.2, -0.15) is 0 Å². The van der Waals surface area contributed by atoms with Gasteiger partial charge in [-0.1, -0.05) is 6.92 Å². The van der Waals surface area contributed by atoms with Gasteiger partial charge in [0, 0.05) is 6.26 Å². The Kier molecular flexibility index (Phi) is 4.38. The van der Waals surface area contributed by atoms with E-state index < -0.39 is 9.84 Å². The molecule has 1 saturated carbocycles. The monoisotopic (exact) mass is 219 g/mol. The highest BCUT2D eigenvalue weighted by Gasteiger charge is 2.27. The number of hydrogen-bond acceptors (Lipinski definition) is 3. The second kappa shape index (κ2) is 5.12. The minimum absolute atomic E-state index is 0.303. The van der Waals surface area contributed by atoms with E-state index in [0.717, 1.165) is 31.3 Å². The normalized spacial score (nSPS) is 19.6. The lowest BCUT2D eigenvalue weighted by Gasteiger charge is -2.10. The van der Waals surface area contributed by atoms with Crippen LogP contribution in [0.15, 0.2) is 0 Å². The highest BCUT2D eigenvalue weighted by molar-refractivity contribution is 7.90. The first-order chi connectivity index (χ1) is 6.49. The van der Waals surface area contributed by atoms with Crippen molar-refractivity contribution in [3.05, 3.63) is 0 Å². The van der Waals surface area contributed by atoms with Crippen molar-refractivity contribution in [2.45, 2.75) is 26.2 Å². The van der Waals surface area contributed by atoms with E-state index in [4.69, 9.17) is 0 Å². The Labute approximate surface area is 87.2 Å². The van der Waals surface area contributed by atoms with Gasteiger partial charge in [-0.25, -0.2) is 8.42 Å². The summed E-state index contributed by atoms with van der Waals surface area (Å²) in [6.07, 6.45) is 4.79. The molecule has 0 radical (unpaired) electrons. The lowest BCUT2D eigenvalue weighted by Crippen LogP contribution is -2.24. The summed E-state index contributed by atoms with van der Waals surface area (Å²) in [6, 6.07) is 0. The molecule has 0 spiro atoms. The van der Waals surface area contributed by atoms with Crippen LogP contribution in [0.2, 0.25) is 0 Å². The quantitative estimate of drug-likeness (QED) is 0.651. The average molecular weight is 219 g/mol. The van der Waals surface area contributed by atoms with Gasteiger partial charge in [0.1, 0.15) is 9.84 Å². The average Bonchev–Trinajstić information content (AvgIpc) is 2.83. The van der Waals surface area contributed by atoms with Crippen molar-refractivity contribution >= 4 is 9.84 Å². The van der Waals surface area contributed by atoms with Crippen LogP contribution >= 0.6 is 0 Å². The predicted molar refractivity (Wildman–Crippen MR) is 59.1 cm³/mol. The molecular formula is C10H21NO2S. The molecule has 1 aliphatic rings. The zero-order chi connectivity index (χ0) is 10.6. The predicted octanol–water partition coefficient (Wildman–Crippen LogP) is 1.06. The highest BCUT2D eigenvalue weighted by atomic mass is 32.2. The van der Waals surface area contributed by atoms with E-state index >= 15 is 0 Å². The zero-order valence-corrected chi connectivity index (χ0v) is 9.94. The Morgan fingerprint density at radius 2 is 2.07 bits per heavy atom. The van der Waals surface area contributed by atoms with Crippen molar-refractivity contribution < 1.29 is 8.42 Å². The van der Waals surface area contributed by atoms with Crippen LogP contribution in [-0.4, -0.2) is 33.5 Å². The van der Waals surface area contributed by atoms with Crippen molar-refractivity contribution in [1.82, 2.24) is 5.32 Å². The Hall–Kier alpha value is -0.0900. The Balaban J connectivity index is 1.93. The molecule has 0 bridgehead atoms. The van der Waals surface area contributed by atoms with Crippen molar-refractivity contribution in [2.24, 2.45) is 11.8 Å². The summed E-state index contributed by atoms with van der Waals surface area (Å²) >= 11 is 0. The Morgan fingerprint density at radius 1 is 1.43 bits per heavy atom. The molecule has 1 rings (SSSR count). The van der Waals surface area contributed by atoms with Crippen LogP contribution in [0.25, 0.3) is 0 Å². The molecule has 1 aliphatic carbocycles. The van der Waals surface area contributed by atoms with Gasteiger partial charge in [-0.05, 0) is 44.2 Å². The molecular weight excluding hydrogens is 198 g/mol. The fourth-order valence-electron chi connectivity index (χ4n) is 1.62. The summed E-state index contributed by atoms with van der Waals surface area (Å²) in [5.41, 5.74) is 0. The second-order valence-electron chi connectivity index (χ2n) is 4.50. The van der Waals surface area contributed by atoms with E-state index in [2.05, 4.69) is 12.2 Å². The molecule has 1 atom stereocenters. The maximum absolute atomic E-state index is 10.8. The first-order valence-electron chi connectivity index (χ1n) is 5.37. The molecule has 4 heteroatoms. The fraction of sp³-hybridized carbons (Fsp3) is 1.00. The number of sulfone groups is 1. The summed E-state index contributed by atoms with van der Waals surface area (Å²) < 4.78 is 21.6. The number of hydrogen-bond donors (Lipinski definition) is 1. The van der Waals surface area contributed by atoms with Gasteiger partial charge in [-0.3, -0.25) is 0 Å². The van der Waals surface area contributed by atoms with Crippen LogP contribution in [0, 0.1) is 11.8 Å². The lowest BCUT2D eigenvalue weighted by atomic mass is 10.1. The van der Waals surface area contributed by atoms with Crippen LogP contribution in [0.5, 0.6) is 0 Å². The molecule has 0 aromatic rings. The van der Waals surface area contributed by atoms with Crippen LogP contribution in [0.4, 0.5) is 0 Å². The third kappa shape index (κ3) is 5.60. The maximum atomic E-state index is 10.8. The number of nitrogens with one attached hydrogen (secondary N) is 1. The van der Waals surface area contributed by atoms with Crippen LogP contribution in [0.3, 0.4) is 0 Å². The highest BCUT2D eigenvalue weighted by Crippen LogP contribution is 2.35. The van der Waals surface area contributed by atoms with Gasteiger partial charge >= 0.3 is 0 Å². The minimum Gasteiger partial charge on any atom is -0.316 e. The van der Waals surface area contributed by atoms with Crippen molar-refractivity contribution in [3.8, 4) is 0 Å². The smallest absolute Gasteiger partial charge is 0.147 e. The maximum Gasteiger partial charge on any atom is 0.147 e. The minimum atomic E-state index is -2.77. The van der Waals surface area contributed by atoms with Gasteiger partial charge in [0.25, 0.3) is 0 Å². The summed E-state index contributed by atoms with van der Waals surface area (Å²) in [4.78, 5) is 0. The van der Waals surface area contributed by atoms with E-state index in [1.807, 2.05) is 0 Å². The van der Waals surface area contributed by atoms with Gasteiger partial charge in [0.05, 0.1) is 5.75 Å². The standard InChI is InChI=1S/C10H21NO2S/c1-9(10-4-5-10)8-11-6-3-7-14(2,12)13/h9-11H,3-8H2,1-2H3. The molecule has 1 fully saturated rings. The Morgan fingerprint density at radius 3 is 2.57 bits per heavy atom. The Bertz CT molecular complexity index is 257. The first-order valence-corrected chi connectivity index (χ1v) is 7.43. The van der Waals surface area contributed by atoms with Crippen molar-refractivity contribution in [3.63, 3.8) is 0 Å². The molecule has 3 nitrogen and oxygen atoms in total. The van der Waals surface area contributed by atoms with Crippen molar-refractivity contribution in [1.29, 1.82) is 0 Å². The topological polar surface area (TPSA) is 46.2 Å².